The second-order valence-electron chi connectivity index (χ2n) is 17.5. The van der Waals surface area contributed by atoms with E-state index in [4.69, 9.17) is 9.47 Å². The Morgan fingerprint density at radius 3 is 2.28 bits per heavy atom. The highest BCUT2D eigenvalue weighted by molar-refractivity contribution is 6.04. The number of ether oxygens (including phenoxy) is 2. The molecule has 5 aliphatic carbocycles. The van der Waals surface area contributed by atoms with Crippen molar-refractivity contribution in [3.8, 4) is 6.07 Å². The molecule has 6 aliphatic rings. The van der Waals surface area contributed by atoms with E-state index in [2.05, 4.69) is 40.7 Å². The number of nitrogens with zero attached hydrogens (tertiary/aromatic N) is 1. The Hall–Kier alpha value is -2.42. The summed E-state index contributed by atoms with van der Waals surface area (Å²) in [6, 6.07) is 2.14. The van der Waals surface area contributed by atoms with Gasteiger partial charge in [-0.1, -0.05) is 60.1 Å². The second kappa shape index (κ2) is 10.8. The number of carbonyl (C=O) groups excluding carboxylic acids is 3. The molecule has 0 aromatic carbocycles. The van der Waals surface area contributed by atoms with E-state index in [0.29, 0.717) is 25.7 Å². The summed E-state index contributed by atoms with van der Waals surface area (Å²) in [5.41, 5.74) is -2.47. The van der Waals surface area contributed by atoms with Crippen LogP contribution in [0, 0.1) is 61.6 Å². The molecule has 0 bridgehead atoms. The van der Waals surface area contributed by atoms with Gasteiger partial charge in [0, 0.05) is 16.7 Å². The van der Waals surface area contributed by atoms with Crippen LogP contribution in [0.5, 0.6) is 0 Å². The number of carbonyl (C=O) groups is 3. The topological polar surface area (TPSA) is 174 Å². The molecule has 47 heavy (non-hydrogen) atoms. The van der Waals surface area contributed by atoms with Crippen molar-refractivity contribution in [3.63, 3.8) is 0 Å². The van der Waals surface area contributed by atoms with Crippen LogP contribution in [0.4, 0.5) is 0 Å². The minimum absolute atomic E-state index is 0.0455. The standard InChI is InChI=1S/C37H51NO9/c1-32(2)10-12-37(31(45)47-30-28(43)27(42)26(41)22(18-39)46-30)13-11-36(7)25(20(37)16-32)21(40)14-24-34(5)15-19(17-38)29(44)33(3,4)23(34)8-9-35(24,36)6/h14-15,20,22-23,25-28,30,39,41-43H,8-13,16,18H2,1-7H3/t20?,22-,23+,25?,26-,27+,28-,30+,34+,35-,36-,37+/m1/s1. The van der Waals surface area contributed by atoms with E-state index >= 15 is 0 Å². The van der Waals surface area contributed by atoms with Crippen LogP contribution in [-0.2, 0) is 23.9 Å². The molecule has 3 saturated carbocycles. The highest BCUT2D eigenvalue weighted by Crippen LogP contribution is 2.74. The number of hydrogen-bond donors (Lipinski definition) is 4. The molecular formula is C37H51NO9. The molecule has 0 aromatic heterocycles. The van der Waals surface area contributed by atoms with Crippen molar-refractivity contribution in [2.75, 3.05) is 6.61 Å². The van der Waals surface area contributed by atoms with Crippen LogP contribution >= 0.6 is 0 Å². The van der Waals surface area contributed by atoms with Gasteiger partial charge in [0.25, 0.3) is 0 Å². The largest absolute Gasteiger partial charge is 0.432 e. The molecule has 1 saturated heterocycles. The Morgan fingerprint density at radius 2 is 1.64 bits per heavy atom. The van der Waals surface area contributed by atoms with Gasteiger partial charge in [0.15, 0.2) is 11.6 Å². The quantitative estimate of drug-likeness (QED) is 0.330. The normalized spacial score (nSPS) is 48.4. The molecule has 4 N–H and O–H groups in total. The van der Waals surface area contributed by atoms with Gasteiger partial charge in [-0.05, 0) is 79.1 Å². The van der Waals surface area contributed by atoms with E-state index in [9.17, 15) is 40.1 Å². The summed E-state index contributed by atoms with van der Waals surface area (Å²) >= 11 is 0. The SMILES string of the molecule is CC1(C)CC[C@]2(C(=O)O[C@@H]3O[C@H](CO)[C@@H](O)[C@H](O)[C@H]3O)CC[C@]3(C)C(C(=O)C=C4[C@@]5(C)C=C(C#N)C(=O)C(C)(C)[C@@H]5CC[C@]43C)C2C1. The molecule has 1 aliphatic heterocycles. The van der Waals surface area contributed by atoms with Crippen molar-refractivity contribution in [2.24, 2.45) is 50.2 Å². The fourth-order valence-electron chi connectivity index (χ4n) is 11.4. The average molecular weight is 654 g/mol. The van der Waals surface area contributed by atoms with Crippen molar-refractivity contribution in [3.05, 3.63) is 23.3 Å². The van der Waals surface area contributed by atoms with Gasteiger partial charge in [0.2, 0.25) is 6.29 Å². The molecule has 4 fully saturated rings. The summed E-state index contributed by atoms with van der Waals surface area (Å²) in [7, 11) is 0. The zero-order valence-electron chi connectivity index (χ0n) is 28.7. The van der Waals surface area contributed by atoms with Crippen molar-refractivity contribution < 1.29 is 44.3 Å². The number of ketones is 2. The molecule has 1 heterocycles. The Balaban J connectivity index is 1.42. The van der Waals surface area contributed by atoms with Crippen LogP contribution in [0.15, 0.2) is 23.3 Å². The number of aliphatic hydroxyl groups is 4. The van der Waals surface area contributed by atoms with E-state index in [1.807, 2.05) is 19.9 Å². The van der Waals surface area contributed by atoms with Gasteiger partial charge >= 0.3 is 5.97 Å². The van der Waals surface area contributed by atoms with Crippen molar-refractivity contribution in [2.45, 2.75) is 124 Å². The second-order valence-corrected chi connectivity index (χ2v) is 17.5. The molecule has 0 spiro atoms. The molecule has 6 rings (SSSR count). The number of esters is 1. The van der Waals surface area contributed by atoms with Crippen LogP contribution in [0.3, 0.4) is 0 Å². The first-order chi connectivity index (χ1) is 21.7. The van der Waals surface area contributed by atoms with Crippen LogP contribution in [0.25, 0.3) is 0 Å². The molecule has 10 heteroatoms. The summed E-state index contributed by atoms with van der Waals surface area (Å²) in [6.07, 6.45) is 0.215. The summed E-state index contributed by atoms with van der Waals surface area (Å²) in [5.74, 6) is -1.73. The third kappa shape index (κ3) is 4.56. The predicted molar refractivity (Wildman–Crippen MR) is 169 cm³/mol. The maximum absolute atomic E-state index is 14.7. The van der Waals surface area contributed by atoms with E-state index in [1.165, 1.54) is 0 Å². The van der Waals surface area contributed by atoms with Crippen LogP contribution in [0.1, 0.15) is 93.4 Å². The molecular weight excluding hydrogens is 602 g/mol. The lowest BCUT2D eigenvalue weighted by Gasteiger charge is -2.68. The zero-order chi connectivity index (χ0) is 34.7. The number of hydrogen-bond acceptors (Lipinski definition) is 10. The number of allylic oxidation sites excluding steroid dienone is 4. The van der Waals surface area contributed by atoms with Gasteiger partial charge in [0.1, 0.15) is 30.5 Å². The fourth-order valence-corrected chi connectivity index (χ4v) is 11.4. The summed E-state index contributed by atoms with van der Waals surface area (Å²) < 4.78 is 11.4. The van der Waals surface area contributed by atoms with Gasteiger partial charge in [-0.25, -0.2) is 0 Å². The highest BCUT2D eigenvalue weighted by atomic mass is 16.7. The lowest BCUT2D eigenvalue weighted by molar-refractivity contribution is -0.298. The summed E-state index contributed by atoms with van der Waals surface area (Å²) in [6.45, 7) is 14.0. The van der Waals surface area contributed by atoms with Gasteiger partial charge in [-0.3, -0.25) is 14.4 Å². The van der Waals surface area contributed by atoms with Gasteiger partial charge in [-0.2, -0.15) is 5.26 Å². The molecule has 10 nitrogen and oxygen atoms in total. The lowest BCUT2D eigenvalue weighted by atomic mass is 9.34. The average Bonchev–Trinajstić information content (AvgIpc) is 3.00. The molecule has 0 aromatic rings. The van der Waals surface area contributed by atoms with Crippen molar-refractivity contribution in [1.29, 1.82) is 5.26 Å². The van der Waals surface area contributed by atoms with Crippen molar-refractivity contribution in [1.82, 2.24) is 0 Å². The summed E-state index contributed by atoms with van der Waals surface area (Å²) in [4.78, 5) is 42.5. The number of Topliss-reactive ketones (excluding diaryl/α,β-unsaturated/α-hetero) is 1. The Morgan fingerprint density at radius 1 is 0.979 bits per heavy atom. The van der Waals surface area contributed by atoms with Crippen LogP contribution in [0.2, 0.25) is 0 Å². The van der Waals surface area contributed by atoms with Crippen LogP contribution in [-0.4, -0.2) is 75.3 Å². The Labute approximate surface area is 277 Å². The highest BCUT2D eigenvalue weighted by Gasteiger charge is 2.71. The molecule has 0 radical (unpaired) electrons. The van der Waals surface area contributed by atoms with Gasteiger partial charge in [0.05, 0.1) is 17.6 Å². The first-order valence-electron chi connectivity index (χ1n) is 17.2. The van der Waals surface area contributed by atoms with Crippen molar-refractivity contribution >= 4 is 17.5 Å². The predicted octanol–water partition coefficient (Wildman–Crippen LogP) is 3.55. The van der Waals surface area contributed by atoms with E-state index in [1.54, 1.807) is 6.08 Å². The van der Waals surface area contributed by atoms with E-state index in [-0.39, 0.29) is 34.4 Å². The number of rotatable bonds is 3. The zero-order valence-corrected chi connectivity index (χ0v) is 28.7. The lowest BCUT2D eigenvalue weighted by Crippen LogP contribution is -2.66. The third-order valence-electron chi connectivity index (χ3n) is 14.3. The minimum atomic E-state index is -1.71. The van der Waals surface area contributed by atoms with Crippen LogP contribution < -0.4 is 0 Å². The number of fused-ring (bicyclic) bond motifs is 7. The maximum Gasteiger partial charge on any atom is 0.314 e. The fraction of sp³-hybridized carbons (Fsp3) is 0.784. The van der Waals surface area contributed by atoms with E-state index in [0.717, 1.165) is 24.8 Å². The Bertz CT molecular complexity index is 1490. The first-order valence-corrected chi connectivity index (χ1v) is 17.2. The van der Waals surface area contributed by atoms with Gasteiger partial charge in [-0.15, -0.1) is 0 Å². The molecule has 258 valence electrons. The molecule has 2 unspecified atom stereocenters. The Kier molecular flexibility index (Phi) is 7.91. The minimum Gasteiger partial charge on any atom is -0.432 e. The molecule has 0 amide bonds. The smallest absolute Gasteiger partial charge is 0.314 e. The first kappa shape index (κ1) is 34.4. The number of aliphatic hydroxyl groups excluding tert-OH is 4. The summed E-state index contributed by atoms with van der Waals surface area (Å²) in [5, 5.41) is 50.9. The monoisotopic (exact) mass is 653 g/mol. The maximum atomic E-state index is 14.7. The third-order valence-corrected chi connectivity index (χ3v) is 14.3. The molecule has 12 atom stereocenters. The van der Waals surface area contributed by atoms with E-state index < -0.39 is 76.3 Å². The van der Waals surface area contributed by atoms with Gasteiger partial charge < -0.3 is 29.9 Å². The number of nitriles is 1.